The average molecular weight is 201 g/mol. The van der Waals surface area contributed by atoms with Gasteiger partial charge in [0.1, 0.15) is 5.75 Å². The van der Waals surface area contributed by atoms with E-state index in [4.69, 9.17) is 21.8 Å². The summed E-state index contributed by atoms with van der Waals surface area (Å²) in [5.41, 5.74) is 0.598. The third kappa shape index (κ3) is 2.36. The van der Waals surface area contributed by atoms with Gasteiger partial charge in [0.05, 0.1) is 5.92 Å². The van der Waals surface area contributed by atoms with Crippen LogP contribution in [0, 0.1) is 0 Å². The summed E-state index contributed by atoms with van der Waals surface area (Å²) in [6.45, 7) is 0. The van der Waals surface area contributed by atoms with Crippen molar-refractivity contribution in [2.24, 2.45) is 0 Å². The number of aromatic hydroxyl groups is 1. The Hall–Kier alpha value is -1.22. The van der Waals surface area contributed by atoms with Gasteiger partial charge in [0, 0.05) is 5.88 Å². The molecule has 0 saturated carbocycles. The molecule has 0 amide bonds. The highest BCUT2D eigenvalue weighted by atomic mass is 35.5. The Balaban J connectivity index is 2.92. The number of phenolic OH excluding ortho intramolecular Hbond substituents is 1. The van der Waals surface area contributed by atoms with E-state index in [-0.39, 0.29) is 11.6 Å². The highest BCUT2D eigenvalue weighted by molar-refractivity contribution is 6.19. The van der Waals surface area contributed by atoms with Gasteiger partial charge in [0.25, 0.3) is 0 Å². The molecular formula is C9H9ClO3. The third-order valence-electron chi connectivity index (χ3n) is 1.75. The van der Waals surface area contributed by atoms with Gasteiger partial charge in [0.2, 0.25) is 0 Å². The molecule has 1 aromatic carbocycles. The highest BCUT2D eigenvalue weighted by Gasteiger charge is 2.17. The predicted octanol–water partition coefficient (Wildman–Crippen LogP) is 1.80. The van der Waals surface area contributed by atoms with Gasteiger partial charge in [0.15, 0.2) is 0 Å². The van der Waals surface area contributed by atoms with Gasteiger partial charge in [-0.15, -0.1) is 11.6 Å². The van der Waals surface area contributed by atoms with Gasteiger partial charge in [-0.25, -0.2) is 0 Å². The summed E-state index contributed by atoms with van der Waals surface area (Å²) in [6, 6.07) is 5.99. The van der Waals surface area contributed by atoms with Crippen molar-refractivity contribution < 1.29 is 15.0 Å². The Labute approximate surface area is 80.6 Å². The van der Waals surface area contributed by atoms with Crippen LogP contribution in [-0.4, -0.2) is 22.1 Å². The van der Waals surface area contributed by atoms with Crippen LogP contribution in [0.25, 0.3) is 0 Å². The van der Waals surface area contributed by atoms with Crippen molar-refractivity contribution in [1.82, 2.24) is 0 Å². The standard InChI is InChI=1S/C9H9ClO3/c10-5-8(9(12)13)6-1-3-7(11)4-2-6/h1-4,8,11H,5H2,(H,12,13). The van der Waals surface area contributed by atoms with Gasteiger partial charge >= 0.3 is 5.97 Å². The predicted molar refractivity (Wildman–Crippen MR) is 49.2 cm³/mol. The molecule has 1 rings (SSSR count). The molecule has 13 heavy (non-hydrogen) atoms. The fourth-order valence-corrected chi connectivity index (χ4v) is 1.31. The van der Waals surface area contributed by atoms with Crippen molar-refractivity contribution in [2.45, 2.75) is 5.92 Å². The largest absolute Gasteiger partial charge is 0.508 e. The smallest absolute Gasteiger partial charge is 0.312 e. The lowest BCUT2D eigenvalue weighted by Crippen LogP contribution is -2.12. The van der Waals surface area contributed by atoms with Crippen LogP contribution in [0.3, 0.4) is 0 Å². The molecule has 1 unspecified atom stereocenters. The number of alkyl halides is 1. The minimum atomic E-state index is -0.958. The van der Waals surface area contributed by atoms with Gasteiger partial charge in [-0.05, 0) is 17.7 Å². The molecule has 2 N–H and O–H groups in total. The number of carbonyl (C=O) groups is 1. The van der Waals surface area contributed by atoms with Crippen LogP contribution in [0.5, 0.6) is 5.75 Å². The minimum absolute atomic E-state index is 0.0279. The zero-order valence-corrected chi connectivity index (χ0v) is 7.53. The molecule has 0 saturated heterocycles. The molecular weight excluding hydrogens is 192 g/mol. The normalized spacial score (nSPS) is 12.4. The van der Waals surface area contributed by atoms with Crippen LogP contribution in [-0.2, 0) is 4.79 Å². The lowest BCUT2D eigenvalue weighted by Gasteiger charge is -2.08. The monoisotopic (exact) mass is 200 g/mol. The summed E-state index contributed by atoms with van der Waals surface area (Å²) < 4.78 is 0. The Kier molecular flexibility index (Phi) is 3.14. The van der Waals surface area contributed by atoms with E-state index < -0.39 is 11.9 Å². The van der Waals surface area contributed by atoms with Crippen molar-refractivity contribution in [3.8, 4) is 5.75 Å². The summed E-state index contributed by atoms with van der Waals surface area (Å²) in [5.74, 6) is -1.52. The first kappa shape index (κ1) is 9.86. The lowest BCUT2D eigenvalue weighted by molar-refractivity contribution is -0.138. The fourth-order valence-electron chi connectivity index (χ4n) is 1.00. The second-order valence-corrected chi connectivity index (χ2v) is 2.95. The van der Waals surface area contributed by atoms with Crippen molar-refractivity contribution in [1.29, 1.82) is 0 Å². The van der Waals surface area contributed by atoms with E-state index in [0.717, 1.165) is 0 Å². The maximum Gasteiger partial charge on any atom is 0.312 e. The van der Waals surface area contributed by atoms with E-state index in [1.54, 1.807) is 12.1 Å². The highest BCUT2D eigenvalue weighted by Crippen LogP contribution is 2.20. The number of phenols is 1. The fraction of sp³-hybridized carbons (Fsp3) is 0.222. The van der Waals surface area contributed by atoms with Crippen LogP contribution >= 0.6 is 11.6 Å². The van der Waals surface area contributed by atoms with Gasteiger partial charge in [-0.2, -0.15) is 0 Å². The van der Waals surface area contributed by atoms with Crippen molar-refractivity contribution >= 4 is 17.6 Å². The number of benzene rings is 1. The summed E-state index contributed by atoms with van der Waals surface area (Å²) >= 11 is 5.49. The van der Waals surface area contributed by atoms with E-state index in [1.165, 1.54) is 12.1 Å². The zero-order valence-electron chi connectivity index (χ0n) is 6.77. The van der Waals surface area contributed by atoms with E-state index in [9.17, 15) is 4.79 Å². The number of halogens is 1. The van der Waals surface area contributed by atoms with Crippen LogP contribution in [0.1, 0.15) is 11.5 Å². The maximum absolute atomic E-state index is 10.7. The summed E-state index contributed by atoms with van der Waals surface area (Å²) in [5, 5.41) is 17.7. The van der Waals surface area contributed by atoms with Crippen molar-refractivity contribution in [2.75, 3.05) is 5.88 Å². The molecule has 0 aromatic heterocycles. The second-order valence-electron chi connectivity index (χ2n) is 2.64. The van der Waals surface area contributed by atoms with Gasteiger partial charge in [-0.3, -0.25) is 4.79 Å². The lowest BCUT2D eigenvalue weighted by atomic mass is 10.0. The SMILES string of the molecule is O=C(O)C(CCl)c1ccc(O)cc1. The molecule has 1 atom stereocenters. The van der Waals surface area contributed by atoms with Crippen molar-refractivity contribution in [3.05, 3.63) is 29.8 Å². The van der Waals surface area contributed by atoms with Gasteiger partial charge in [-0.1, -0.05) is 12.1 Å². The Morgan fingerprint density at radius 1 is 1.38 bits per heavy atom. The van der Waals surface area contributed by atoms with Crippen LogP contribution < -0.4 is 0 Å². The number of hydrogen-bond donors (Lipinski definition) is 2. The number of carboxylic acids is 1. The molecule has 0 radical (unpaired) electrons. The van der Waals surface area contributed by atoms with Crippen LogP contribution in [0.4, 0.5) is 0 Å². The molecule has 0 heterocycles. The molecule has 1 aromatic rings. The topological polar surface area (TPSA) is 57.5 Å². The second kappa shape index (κ2) is 4.14. The Morgan fingerprint density at radius 3 is 2.31 bits per heavy atom. The molecule has 0 bridgehead atoms. The Bertz CT molecular complexity index is 294. The first-order chi connectivity index (χ1) is 6.15. The molecule has 3 nitrogen and oxygen atoms in total. The summed E-state index contributed by atoms with van der Waals surface area (Å²) in [4.78, 5) is 10.7. The summed E-state index contributed by atoms with van der Waals surface area (Å²) in [7, 11) is 0. The maximum atomic E-state index is 10.7. The average Bonchev–Trinajstić information content (AvgIpc) is 2.09. The molecule has 70 valence electrons. The van der Waals surface area contributed by atoms with Crippen molar-refractivity contribution in [3.63, 3.8) is 0 Å². The van der Waals surface area contributed by atoms with E-state index in [2.05, 4.69) is 0 Å². The van der Waals surface area contributed by atoms with Crippen LogP contribution in [0.15, 0.2) is 24.3 Å². The minimum Gasteiger partial charge on any atom is -0.508 e. The number of carboxylic acid groups (broad SMARTS) is 1. The quantitative estimate of drug-likeness (QED) is 0.732. The summed E-state index contributed by atoms with van der Waals surface area (Å²) in [6.07, 6.45) is 0. The molecule has 0 fully saturated rings. The number of hydrogen-bond acceptors (Lipinski definition) is 2. The van der Waals surface area contributed by atoms with Gasteiger partial charge < -0.3 is 10.2 Å². The molecule has 0 aliphatic rings. The first-order valence-electron chi connectivity index (χ1n) is 3.73. The number of aliphatic carboxylic acids is 1. The zero-order chi connectivity index (χ0) is 9.84. The van der Waals surface area contributed by atoms with E-state index >= 15 is 0 Å². The molecule has 0 spiro atoms. The number of rotatable bonds is 3. The van der Waals surface area contributed by atoms with E-state index in [0.29, 0.717) is 5.56 Å². The molecule has 4 heteroatoms. The van der Waals surface area contributed by atoms with E-state index in [1.807, 2.05) is 0 Å². The first-order valence-corrected chi connectivity index (χ1v) is 4.26. The Morgan fingerprint density at radius 2 is 1.92 bits per heavy atom. The molecule has 0 aliphatic carbocycles. The molecule has 0 aliphatic heterocycles. The third-order valence-corrected chi connectivity index (χ3v) is 2.06. The van der Waals surface area contributed by atoms with Crippen LogP contribution in [0.2, 0.25) is 0 Å².